The van der Waals surface area contributed by atoms with Crippen LogP contribution >= 0.6 is 27.3 Å². The van der Waals surface area contributed by atoms with Crippen LogP contribution in [0.4, 0.5) is 11.5 Å². The first-order valence-corrected chi connectivity index (χ1v) is 12.3. The molecule has 0 bridgehead atoms. The van der Waals surface area contributed by atoms with Gasteiger partial charge in [0.2, 0.25) is 0 Å². The zero-order valence-corrected chi connectivity index (χ0v) is 21.0. The Balaban J connectivity index is 1.43. The van der Waals surface area contributed by atoms with Gasteiger partial charge in [0.1, 0.15) is 16.5 Å². The minimum atomic E-state index is -0.212. The molecule has 1 amide bonds. The largest absolute Gasteiger partial charge is 0.395 e. The van der Waals surface area contributed by atoms with E-state index in [-0.39, 0.29) is 12.5 Å². The van der Waals surface area contributed by atoms with Crippen LogP contribution in [0.5, 0.6) is 0 Å². The fourth-order valence-electron chi connectivity index (χ4n) is 3.72. The van der Waals surface area contributed by atoms with Gasteiger partial charge in [0.15, 0.2) is 0 Å². The van der Waals surface area contributed by atoms with Crippen LogP contribution in [0.25, 0.3) is 0 Å². The van der Waals surface area contributed by atoms with Crippen molar-refractivity contribution in [1.82, 2.24) is 24.8 Å². The van der Waals surface area contributed by atoms with Gasteiger partial charge in [-0.25, -0.2) is 15.0 Å². The Morgan fingerprint density at radius 2 is 2.00 bits per heavy atom. The van der Waals surface area contributed by atoms with Crippen LogP contribution in [0.15, 0.2) is 29.0 Å². The quantitative estimate of drug-likeness (QED) is 0.479. The van der Waals surface area contributed by atoms with Crippen molar-refractivity contribution in [3.8, 4) is 0 Å². The maximum atomic E-state index is 12.7. The smallest absolute Gasteiger partial charge is 0.267 e. The standard InChI is InChI=1S/C22H26BrN7O2S/c1-14-21(17(23)3-4-24-14)28-22(32)18-13-25-20(33-18)12-16-11-19(27-15(2)26-16)30-7-5-29(6-8-30)9-10-31/h3-4,11,13,31H,5-10,12H2,1-2H3,(H,28,32). The number of aromatic nitrogens is 4. The third-order valence-electron chi connectivity index (χ3n) is 5.43. The predicted octanol–water partition coefficient (Wildman–Crippen LogP) is 2.66. The number of rotatable bonds is 7. The van der Waals surface area contributed by atoms with Crippen molar-refractivity contribution in [2.75, 3.05) is 49.5 Å². The minimum absolute atomic E-state index is 0.184. The van der Waals surface area contributed by atoms with Crippen LogP contribution in [0.2, 0.25) is 0 Å². The summed E-state index contributed by atoms with van der Waals surface area (Å²) >= 11 is 4.81. The molecule has 1 aliphatic heterocycles. The van der Waals surface area contributed by atoms with Gasteiger partial charge in [-0.2, -0.15) is 0 Å². The topological polar surface area (TPSA) is 107 Å². The van der Waals surface area contributed by atoms with Gasteiger partial charge in [-0.1, -0.05) is 0 Å². The van der Waals surface area contributed by atoms with Crippen LogP contribution in [0.3, 0.4) is 0 Å². The van der Waals surface area contributed by atoms with Gasteiger partial charge in [-0.15, -0.1) is 11.3 Å². The number of carbonyl (C=O) groups is 1. The molecule has 4 heterocycles. The molecule has 0 unspecified atom stereocenters. The van der Waals surface area contributed by atoms with E-state index in [1.54, 1.807) is 18.5 Å². The number of thiazole rings is 1. The zero-order valence-electron chi connectivity index (χ0n) is 18.6. The van der Waals surface area contributed by atoms with E-state index in [9.17, 15) is 4.79 Å². The van der Waals surface area contributed by atoms with Crippen molar-refractivity contribution in [3.05, 3.63) is 56.1 Å². The van der Waals surface area contributed by atoms with Gasteiger partial charge in [0.25, 0.3) is 5.91 Å². The monoisotopic (exact) mass is 531 g/mol. The maximum absolute atomic E-state index is 12.7. The molecule has 1 saturated heterocycles. The number of nitrogens with zero attached hydrogens (tertiary/aromatic N) is 6. The Hall–Kier alpha value is -2.47. The maximum Gasteiger partial charge on any atom is 0.267 e. The van der Waals surface area contributed by atoms with Crippen LogP contribution in [-0.2, 0) is 6.42 Å². The van der Waals surface area contributed by atoms with E-state index >= 15 is 0 Å². The summed E-state index contributed by atoms with van der Waals surface area (Å²) in [5.41, 5.74) is 2.28. The van der Waals surface area contributed by atoms with Crippen LogP contribution in [0, 0.1) is 13.8 Å². The van der Waals surface area contributed by atoms with E-state index in [1.165, 1.54) is 11.3 Å². The third kappa shape index (κ3) is 5.91. The summed E-state index contributed by atoms with van der Waals surface area (Å²) in [5.74, 6) is 1.41. The Morgan fingerprint density at radius 3 is 2.73 bits per heavy atom. The summed E-state index contributed by atoms with van der Waals surface area (Å²) in [7, 11) is 0. The van der Waals surface area contributed by atoms with Crippen molar-refractivity contribution in [2.45, 2.75) is 20.3 Å². The molecule has 0 radical (unpaired) electrons. The summed E-state index contributed by atoms with van der Waals surface area (Å²) in [6.45, 7) is 8.15. The average molecular weight is 532 g/mol. The molecule has 0 spiro atoms. The molecule has 2 N–H and O–H groups in total. The molecule has 3 aromatic heterocycles. The van der Waals surface area contributed by atoms with E-state index in [0.29, 0.717) is 29.4 Å². The first-order valence-electron chi connectivity index (χ1n) is 10.7. The number of piperazine rings is 1. The van der Waals surface area contributed by atoms with E-state index < -0.39 is 0 Å². The Morgan fingerprint density at radius 1 is 1.21 bits per heavy atom. The molecule has 0 aliphatic carbocycles. The first kappa shape index (κ1) is 23.7. The summed E-state index contributed by atoms with van der Waals surface area (Å²) in [5, 5.41) is 12.9. The number of aliphatic hydroxyl groups excluding tert-OH is 1. The zero-order chi connectivity index (χ0) is 23.4. The van der Waals surface area contributed by atoms with Crippen LogP contribution in [-0.4, -0.2) is 75.2 Å². The fraction of sp³-hybridized carbons (Fsp3) is 0.409. The third-order valence-corrected chi connectivity index (χ3v) is 7.08. The predicted molar refractivity (Wildman–Crippen MR) is 132 cm³/mol. The van der Waals surface area contributed by atoms with Crippen molar-refractivity contribution in [3.63, 3.8) is 0 Å². The molecular weight excluding hydrogens is 506 g/mol. The van der Waals surface area contributed by atoms with Crippen LogP contribution in [0.1, 0.15) is 31.9 Å². The number of pyridine rings is 1. The number of halogens is 1. The minimum Gasteiger partial charge on any atom is -0.395 e. The number of carbonyl (C=O) groups excluding carboxylic acids is 1. The highest BCUT2D eigenvalue weighted by molar-refractivity contribution is 9.10. The molecule has 11 heteroatoms. The van der Waals surface area contributed by atoms with E-state index in [4.69, 9.17) is 5.11 Å². The van der Waals surface area contributed by atoms with Gasteiger partial charge in [-0.3, -0.25) is 14.7 Å². The lowest BCUT2D eigenvalue weighted by Crippen LogP contribution is -2.47. The van der Waals surface area contributed by atoms with E-state index in [0.717, 1.165) is 52.9 Å². The Kier molecular flexibility index (Phi) is 7.63. The summed E-state index contributed by atoms with van der Waals surface area (Å²) in [4.78, 5) is 35.6. The highest BCUT2D eigenvalue weighted by atomic mass is 79.9. The molecular formula is C22H26BrN7O2S. The number of hydrogen-bond acceptors (Lipinski definition) is 9. The van der Waals surface area contributed by atoms with Gasteiger partial charge in [0.05, 0.1) is 34.9 Å². The second-order valence-corrected chi connectivity index (χ2v) is 9.79. The number of nitrogens with one attached hydrogen (secondary N) is 1. The van der Waals surface area contributed by atoms with Gasteiger partial charge >= 0.3 is 0 Å². The highest BCUT2D eigenvalue weighted by Crippen LogP contribution is 2.26. The van der Waals surface area contributed by atoms with Gasteiger partial charge < -0.3 is 15.3 Å². The number of aryl methyl sites for hydroxylation is 2. The highest BCUT2D eigenvalue weighted by Gasteiger charge is 2.19. The SMILES string of the molecule is Cc1nc(Cc2ncc(C(=O)Nc3c(Br)ccnc3C)s2)cc(N2CCN(CCO)CC2)n1. The molecule has 33 heavy (non-hydrogen) atoms. The van der Waals surface area contributed by atoms with Crippen molar-refractivity contribution in [2.24, 2.45) is 0 Å². The lowest BCUT2D eigenvalue weighted by atomic mass is 10.2. The number of β-amino-alcohol motifs (C(OH)–C–C–N with tert-alkyl or cyclic N) is 1. The average Bonchev–Trinajstić information content (AvgIpc) is 3.25. The van der Waals surface area contributed by atoms with E-state index in [2.05, 4.69) is 51.0 Å². The second kappa shape index (κ2) is 10.6. The molecule has 4 rings (SSSR count). The molecule has 1 fully saturated rings. The summed E-state index contributed by atoms with van der Waals surface area (Å²) < 4.78 is 0.786. The summed E-state index contributed by atoms with van der Waals surface area (Å²) in [6, 6.07) is 3.80. The van der Waals surface area contributed by atoms with Crippen molar-refractivity contribution in [1.29, 1.82) is 0 Å². The molecule has 1 aliphatic rings. The lowest BCUT2D eigenvalue weighted by molar-refractivity contribution is 0.103. The molecule has 3 aromatic rings. The van der Waals surface area contributed by atoms with Gasteiger partial charge in [-0.05, 0) is 35.8 Å². The molecule has 174 valence electrons. The summed E-state index contributed by atoms with van der Waals surface area (Å²) in [6.07, 6.45) is 3.82. The molecule has 0 saturated carbocycles. The molecule has 9 nitrogen and oxygen atoms in total. The lowest BCUT2D eigenvalue weighted by Gasteiger charge is -2.35. The van der Waals surface area contributed by atoms with E-state index in [1.807, 2.05) is 19.9 Å². The number of amides is 1. The Bertz CT molecular complexity index is 1110. The second-order valence-electron chi connectivity index (χ2n) is 7.82. The Labute approximate surface area is 205 Å². The molecule has 0 atom stereocenters. The number of aliphatic hydroxyl groups is 1. The van der Waals surface area contributed by atoms with Gasteiger partial charge in [0, 0.05) is 55.9 Å². The van der Waals surface area contributed by atoms with Crippen molar-refractivity contribution < 1.29 is 9.90 Å². The van der Waals surface area contributed by atoms with Crippen molar-refractivity contribution >= 4 is 44.7 Å². The fourth-order valence-corrected chi connectivity index (χ4v) is 5.05. The number of hydrogen-bond donors (Lipinski definition) is 2. The van der Waals surface area contributed by atoms with Crippen LogP contribution < -0.4 is 10.2 Å². The first-order chi connectivity index (χ1) is 15.9. The number of anilines is 2. The normalized spacial score (nSPS) is 14.5. The molecule has 0 aromatic carbocycles.